The highest BCUT2D eigenvalue weighted by molar-refractivity contribution is 7.92. The quantitative estimate of drug-likeness (QED) is 0.0258. The van der Waals surface area contributed by atoms with Gasteiger partial charge in [0.05, 0.1) is 38.6 Å². The second kappa shape index (κ2) is 22.7. The lowest BCUT2D eigenvalue weighted by atomic mass is 9.75. The van der Waals surface area contributed by atoms with E-state index < -0.39 is 78.3 Å². The van der Waals surface area contributed by atoms with Gasteiger partial charge in [-0.2, -0.15) is 13.2 Å². The Morgan fingerprint density at radius 1 is 0.633 bits per heavy atom. The van der Waals surface area contributed by atoms with Crippen LogP contribution in [0.3, 0.4) is 0 Å². The van der Waals surface area contributed by atoms with Crippen molar-refractivity contribution in [3.8, 4) is 0 Å². The van der Waals surface area contributed by atoms with Gasteiger partial charge in [-0.15, -0.1) is 0 Å². The molecule has 0 aromatic heterocycles. The summed E-state index contributed by atoms with van der Waals surface area (Å²) in [5.74, 6) is -0.749. The molecule has 5 aromatic carbocycles. The van der Waals surface area contributed by atoms with Crippen LogP contribution in [-0.2, 0) is 78.8 Å². The molecule has 0 aliphatic carbocycles. The number of amides is 1. The van der Waals surface area contributed by atoms with Crippen molar-refractivity contribution in [2.45, 2.75) is 165 Å². The fraction of sp³-hybridized carbons (Fsp3) is 0.483. The summed E-state index contributed by atoms with van der Waals surface area (Å²) in [7, 11) is -11.3. The van der Waals surface area contributed by atoms with E-state index in [2.05, 4.69) is 16.8 Å². The van der Waals surface area contributed by atoms with Crippen molar-refractivity contribution in [3.63, 3.8) is 0 Å². The van der Waals surface area contributed by atoms with Crippen LogP contribution in [0.5, 0.6) is 0 Å². The van der Waals surface area contributed by atoms with Crippen LogP contribution in [-0.4, -0.2) is 112 Å². The van der Waals surface area contributed by atoms with Gasteiger partial charge in [0, 0.05) is 57.6 Å². The lowest BCUT2D eigenvalue weighted by Gasteiger charge is -2.32. The lowest BCUT2D eigenvalue weighted by Crippen LogP contribution is -2.41. The molecule has 0 atom stereocenters. The number of fused-ring (bicyclic) bond motifs is 2. The minimum Gasteiger partial charge on any atom is -0.460 e. The van der Waals surface area contributed by atoms with Gasteiger partial charge in [0.1, 0.15) is 5.60 Å². The summed E-state index contributed by atoms with van der Waals surface area (Å²) < 4.78 is 127. The van der Waals surface area contributed by atoms with E-state index in [0.717, 1.165) is 51.1 Å². The number of carbonyl (C=O) groups excluding carboxylic acids is 2. The molecule has 2 aliphatic rings. The zero-order valence-corrected chi connectivity index (χ0v) is 49.3. The Kier molecular flexibility index (Phi) is 17.6. The van der Waals surface area contributed by atoms with Crippen molar-refractivity contribution < 1.29 is 63.0 Å². The van der Waals surface area contributed by atoms with E-state index in [9.17, 15) is 39.6 Å². The molecule has 7 rings (SSSR count). The molecule has 5 aromatic rings. The summed E-state index contributed by atoms with van der Waals surface area (Å²) in [6, 6.07) is 23.9. The van der Waals surface area contributed by atoms with Gasteiger partial charge in [0.15, 0.2) is 9.84 Å². The van der Waals surface area contributed by atoms with Gasteiger partial charge in [0.2, 0.25) is 5.91 Å². The van der Waals surface area contributed by atoms with Crippen molar-refractivity contribution in [1.29, 1.82) is 0 Å². The van der Waals surface area contributed by atoms with Crippen molar-refractivity contribution >= 4 is 78.3 Å². The van der Waals surface area contributed by atoms with E-state index in [1.54, 1.807) is 45.9 Å². The van der Waals surface area contributed by atoms with Crippen molar-refractivity contribution in [1.82, 2.24) is 15.1 Å². The maximum atomic E-state index is 14.2. The molecule has 2 fully saturated rings. The van der Waals surface area contributed by atoms with Gasteiger partial charge in [0.25, 0.3) is 9.84 Å². The van der Waals surface area contributed by atoms with Crippen LogP contribution in [0.25, 0.3) is 21.5 Å². The molecule has 21 heteroatoms. The molecule has 2 heterocycles. The van der Waals surface area contributed by atoms with E-state index in [4.69, 9.17) is 23.4 Å². The number of benzene rings is 5. The molecule has 1 amide bonds. The first-order valence-corrected chi connectivity index (χ1v) is 29.8. The molecule has 2 saturated heterocycles. The Bertz CT molecular complexity index is 3290. The first-order chi connectivity index (χ1) is 36.4. The second-order valence-corrected chi connectivity index (χ2v) is 27.8. The van der Waals surface area contributed by atoms with E-state index in [-0.39, 0.29) is 68.6 Å². The predicted octanol–water partition coefficient (Wildman–Crippen LogP) is 9.11. The lowest BCUT2D eigenvalue weighted by molar-refractivity contribution is -0.155. The summed E-state index contributed by atoms with van der Waals surface area (Å²) in [4.78, 5) is 29.4. The number of rotatable bonds is 20. The molecule has 1 N–H and O–H groups in total. The summed E-state index contributed by atoms with van der Waals surface area (Å²) in [5, 5.41) is 6.28. The fourth-order valence-electron chi connectivity index (χ4n) is 9.67. The molecule has 426 valence electrons. The Hall–Kier alpha value is -5.12. The highest BCUT2D eigenvalue weighted by atomic mass is 32.2. The molecule has 0 saturated carbocycles. The number of hydrogen-bond donors (Lipinski definition) is 1. The standard InChI is InChI=1S/C58H74B2F3N3O11S2/c1-38(2)52(68)64-29-19-30-65(34-40-33-42(79(71,72)58(61,62)63)25-27-50(40)60-76-56(10,11)57(12,13)77-60)36-47-43-20-15-17-22-45(43)48(46-23-18-16-21-44(46)47)37-66(31-28-51(67)73-53(3,4)5)35-39-32-41(78(14,69)70)24-26-49(39)59-74-54(6,7)55(8,9)75-59/h15-18,20-27,32-33H,1,19,28-31,34-37H2,2-14H3,(H,64,68). The van der Waals surface area contributed by atoms with Crippen LogP contribution in [0.15, 0.2) is 107 Å². The number of esters is 1. The minimum absolute atomic E-state index is 0.00395. The van der Waals surface area contributed by atoms with Crippen LogP contribution < -0.4 is 16.2 Å². The molecular weight excluding hydrogens is 1060 g/mol. The smallest absolute Gasteiger partial charge is 0.460 e. The predicted molar refractivity (Wildman–Crippen MR) is 303 cm³/mol. The molecule has 2 aliphatic heterocycles. The van der Waals surface area contributed by atoms with Crippen molar-refractivity contribution in [2.24, 2.45) is 0 Å². The number of nitrogens with zero attached hydrogens (tertiary/aromatic N) is 2. The zero-order valence-electron chi connectivity index (χ0n) is 47.6. The minimum atomic E-state index is -5.78. The molecule has 0 radical (unpaired) electrons. The van der Waals surface area contributed by atoms with Crippen LogP contribution in [0.2, 0.25) is 0 Å². The van der Waals surface area contributed by atoms with Crippen LogP contribution in [0, 0.1) is 0 Å². The average molecular weight is 1130 g/mol. The Morgan fingerprint density at radius 3 is 1.41 bits per heavy atom. The van der Waals surface area contributed by atoms with Gasteiger partial charge >= 0.3 is 25.7 Å². The van der Waals surface area contributed by atoms with E-state index in [1.807, 2.05) is 109 Å². The van der Waals surface area contributed by atoms with E-state index in [0.29, 0.717) is 28.5 Å². The number of ether oxygens (including phenoxy) is 1. The second-order valence-electron chi connectivity index (χ2n) is 23.8. The largest absolute Gasteiger partial charge is 0.501 e. The Balaban J connectivity index is 1.36. The fourth-order valence-corrected chi connectivity index (χ4v) is 11.2. The number of hydrogen-bond acceptors (Lipinski definition) is 13. The first-order valence-electron chi connectivity index (χ1n) is 26.4. The monoisotopic (exact) mass is 1130 g/mol. The maximum absolute atomic E-state index is 14.2. The summed E-state index contributed by atoms with van der Waals surface area (Å²) in [5.41, 5.74) is -5.46. The molecule has 0 bridgehead atoms. The Labute approximate surface area is 464 Å². The highest BCUT2D eigenvalue weighted by Gasteiger charge is 2.54. The highest BCUT2D eigenvalue weighted by Crippen LogP contribution is 2.40. The third-order valence-corrected chi connectivity index (χ3v) is 18.0. The first kappa shape index (κ1) is 61.5. The van der Waals surface area contributed by atoms with Crippen molar-refractivity contribution in [3.05, 3.63) is 119 Å². The Morgan fingerprint density at radius 2 is 1.03 bits per heavy atom. The third kappa shape index (κ3) is 13.8. The van der Waals surface area contributed by atoms with Crippen molar-refractivity contribution in [2.75, 3.05) is 25.9 Å². The number of nitrogens with one attached hydrogen (secondary N) is 1. The number of halogens is 3. The topological polar surface area (TPSA) is 167 Å². The molecule has 0 unspecified atom stereocenters. The zero-order chi connectivity index (χ0) is 58.5. The number of alkyl halides is 3. The SMILES string of the molecule is C=C(C)C(=O)NCCCN(Cc1cc(S(=O)(=O)C(F)(F)F)ccc1B1OC(C)(C)C(C)(C)O1)Cc1c2ccccc2c(CN(CCC(=O)OC(C)(C)C)Cc2cc(S(C)(=O)=O)ccc2B2OC(C)(C)C(C)(C)O2)c2ccccc12. The number of carbonyl (C=O) groups is 2. The molecule has 14 nitrogen and oxygen atoms in total. The molecular formula is C58H74B2F3N3O11S2. The third-order valence-electron chi connectivity index (χ3n) is 15.4. The van der Waals surface area contributed by atoms with Gasteiger partial charge in [-0.1, -0.05) is 67.2 Å². The van der Waals surface area contributed by atoms with Crippen LogP contribution in [0.1, 0.15) is 118 Å². The van der Waals surface area contributed by atoms with Crippen LogP contribution >= 0.6 is 0 Å². The van der Waals surface area contributed by atoms with Gasteiger partial charge in [-0.05, 0) is 168 Å². The summed E-state index contributed by atoms with van der Waals surface area (Å²) in [6.45, 7) is 27.2. The van der Waals surface area contributed by atoms with E-state index in [1.165, 1.54) is 6.07 Å². The normalized spacial score (nSPS) is 17.3. The van der Waals surface area contributed by atoms with Crippen LogP contribution in [0.4, 0.5) is 13.2 Å². The maximum Gasteiger partial charge on any atom is 0.501 e. The summed E-state index contributed by atoms with van der Waals surface area (Å²) in [6.07, 6.45) is 1.54. The van der Waals surface area contributed by atoms with Gasteiger partial charge < -0.3 is 28.7 Å². The van der Waals surface area contributed by atoms with Gasteiger partial charge in [-0.25, -0.2) is 16.8 Å². The van der Waals surface area contributed by atoms with E-state index >= 15 is 0 Å². The number of sulfone groups is 2. The van der Waals surface area contributed by atoms with Gasteiger partial charge in [-0.3, -0.25) is 19.4 Å². The summed E-state index contributed by atoms with van der Waals surface area (Å²) >= 11 is 0. The molecule has 79 heavy (non-hydrogen) atoms. The average Bonchev–Trinajstić information content (AvgIpc) is 3.77. The molecule has 0 spiro atoms.